The van der Waals surface area contributed by atoms with Crippen molar-refractivity contribution in [2.45, 2.75) is 71.2 Å². The molecule has 0 unspecified atom stereocenters. The molecule has 11 nitrogen and oxygen atoms in total. The zero-order chi connectivity index (χ0) is 29.7. The molecule has 216 valence electrons. The SMILES string of the molecule is CC(C)(C)OC(=O)N1C[C@H](N(C(=O)CN)C(=O)OC(C)(C)C)C[C@H]1C(=O)Nc1ccc(Oc2ccccc2)cc1. The smallest absolute Gasteiger partial charge is 0.417 e. The summed E-state index contributed by atoms with van der Waals surface area (Å²) >= 11 is 0. The van der Waals surface area contributed by atoms with Crippen LogP contribution in [0.5, 0.6) is 11.5 Å². The van der Waals surface area contributed by atoms with Crippen molar-refractivity contribution < 1.29 is 33.4 Å². The van der Waals surface area contributed by atoms with E-state index in [1.807, 2.05) is 30.3 Å². The molecule has 0 aliphatic carbocycles. The van der Waals surface area contributed by atoms with Gasteiger partial charge in [0.1, 0.15) is 28.7 Å². The van der Waals surface area contributed by atoms with Gasteiger partial charge in [-0.25, -0.2) is 14.5 Å². The number of imide groups is 1. The lowest BCUT2D eigenvalue weighted by atomic mass is 10.1. The molecule has 2 aromatic carbocycles. The van der Waals surface area contributed by atoms with Crippen LogP contribution in [0.3, 0.4) is 0 Å². The van der Waals surface area contributed by atoms with Crippen molar-refractivity contribution >= 4 is 29.7 Å². The number of nitrogens with zero attached hydrogens (tertiary/aromatic N) is 2. The number of amides is 4. The standard InChI is InChI=1S/C29H38N4O7/c1-28(2,3)39-26(36)32-18-20(33(24(34)17-30)27(37)40-29(4,5)6)16-23(32)25(35)31-19-12-14-22(15-13-19)38-21-10-8-7-9-11-21/h7-15,20,23H,16-18,30H2,1-6H3,(H,31,35)/t20-,23+/m1/s1. The first kappa shape index (κ1) is 30.4. The van der Waals surface area contributed by atoms with Crippen LogP contribution in [0.25, 0.3) is 0 Å². The van der Waals surface area contributed by atoms with Crippen molar-refractivity contribution in [3.8, 4) is 11.5 Å². The largest absolute Gasteiger partial charge is 0.457 e. The average Bonchev–Trinajstić information content (AvgIpc) is 3.29. The number of carbonyl (C=O) groups excluding carboxylic acids is 4. The van der Waals surface area contributed by atoms with Crippen LogP contribution in [0, 0.1) is 0 Å². The van der Waals surface area contributed by atoms with Crippen LogP contribution in [0.15, 0.2) is 54.6 Å². The van der Waals surface area contributed by atoms with Crippen LogP contribution >= 0.6 is 0 Å². The highest BCUT2D eigenvalue weighted by Gasteiger charge is 2.47. The molecular weight excluding hydrogens is 516 g/mol. The van der Waals surface area contributed by atoms with E-state index in [2.05, 4.69) is 5.32 Å². The molecule has 0 spiro atoms. The van der Waals surface area contributed by atoms with Gasteiger partial charge in [-0.3, -0.25) is 14.5 Å². The molecule has 0 aromatic heterocycles. The second-order valence-corrected chi connectivity index (χ2v) is 11.4. The zero-order valence-corrected chi connectivity index (χ0v) is 23.8. The highest BCUT2D eigenvalue weighted by molar-refractivity contribution is 5.98. The summed E-state index contributed by atoms with van der Waals surface area (Å²) < 4.78 is 16.7. The number of anilines is 1. The van der Waals surface area contributed by atoms with Crippen molar-refractivity contribution in [3.05, 3.63) is 54.6 Å². The van der Waals surface area contributed by atoms with Gasteiger partial charge in [0.25, 0.3) is 0 Å². The van der Waals surface area contributed by atoms with Crippen molar-refractivity contribution in [2.24, 2.45) is 5.73 Å². The van der Waals surface area contributed by atoms with Gasteiger partial charge < -0.3 is 25.3 Å². The first-order valence-corrected chi connectivity index (χ1v) is 13.1. The number of hydrogen-bond donors (Lipinski definition) is 2. The molecule has 3 rings (SSSR count). The minimum atomic E-state index is -1.03. The number of benzene rings is 2. The Labute approximate surface area is 234 Å². The maximum absolute atomic E-state index is 13.4. The van der Waals surface area contributed by atoms with Crippen LogP contribution in [0.1, 0.15) is 48.0 Å². The van der Waals surface area contributed by atoms with Gasteiger partial charge in [-0.15, -0.1) is 0 Å². The minimum Gasteiger partial charge on any atom is -0.457 e. The molecule has 2 atom stereocenters. The number of carbonyl (C=O) groups is 4. The molecule has 11 heteroatoms. The molecule has 2 aromatic rings. The van der Waals surface area contributed by atoms with E-state index < -0.39 is 53.8 Å². The van der Waals surface area contributed by atoms with Crippen molar-refractivity contribution in [1.29, 1.82) is 0 Å². The number of para-hydroxylation sites is 1. The summed E-state index contributed by atoms with van der Waals surface area (Å²) in [6.45, 7) is 9.56. The van der Waals surface area contributed by atoms with E-state index in [4.69, 9.17) is 19.9 Å². The summed E-state index contributed by atoms with van der Waals surface area (Å²) in [5.41, 5.74) is 4.35. The van der Waals surface area contributed by atoms with E-state index in [9.17, 15) is 19.2 Å². The third-order valence-corrected chi connectivity index (χ3v) is 5.71. The normalized spacial score (nSPS) is 17.1. The van der Waals surface area contributed by atoms with E-state index >= 15 is 0 Å². The van der Waals surface area contributed by atoms with E-state index in [0.29, 0.717) is 17.2 Å². The molecule has 40 heavy (non-hydrogen) atoms. The highest BCUT2D eigenvalue weighted by atomic mass is 16.6. The summed E-state index contributed by atoms with van der Waals surface area (Å²) in [5.74, 6) is 0.0625. The molecular formula is C29H38N4O7. The molecule has 1 saturated heterocycles. The summed E-state index contributed by atoms with van der Waals surface area (Å²) in [6, 6.07) is 14.1. The van der Waals surface area contributed by atoms with Crippen molar-refractivity contribution in [3.63, 3.8) is 0 Å². The van der Waals surface area contributed by atoms with Gasteiger partial charge >= 0.3 is 12.2 Å². The topological polar surface area (TPSA) is 140 Å². The molecule has 1 heterocycles. The summed E-state index contributed by atoms with van der Waals surface area (Å²) in [5, 5.41) is 2.80. The first-order chi connectivity index (χ1) is 18.7. The third kappa shape index (κ3) is 8.44. The lowest BCUT2D eigenvalue weighted by Gasteiger charge is -2.30. The lowest BCUT2D eigenvalue weighted by Crippen LogP contribution is -2.50. The predicted molar refractivity (Wildman–Crippen MR) is 149 cm³/mol. The van der Waals surface area contributed by atoms with Gasteiger partial charge in [0.05, 0.1) is 12.6 Å². The Hall–Kier alpha value is -4.12. The first-order valence-electron chi connectivity index (χ1n) is 13.1. The number of nitrogens with one attached hydrogen (secondary N) is 1. The second kappa shape index (κ2) is 12.4. The van der Waals surface area contributed by atoms with Gasteiger partial charge in [-0.2, -0.15) is 0 Å². The van der Waals surface area contributed by atoms with Gasteiger partial charge in [0.2, 0.25) is 11.8 Å². The fraction of sp³-hybridized carbons (Fsp3) is 0.448. The van der Waals surface area contributed by atoms with Gasteiger partial charge in [0, 0.05) is 12.2 Å². The Morgan fingerprint density at radius 1 is 0.900 bits per heavy atom. The van der Waals surface area contributed by atoms with Gasteiger partial charge in [-0.05, 0) is 84.4 Å². The molecule has 4 amide bonds. The molecule has 0 saturated carbocycles. The van der Waals surface area contributed by atoms with Crippen LogP contribution in [0.4, 0.5) is 15.3 Å². The molecule has 1 aliphatic heterocycles. The Kier molecular flexibility index (Phi) is 9.41. The number of hydrogen-bond acceptors (Lipinski definition) is 8. The highest BCUT2D eigenvalue weighted by Crippen LogP contribution is 2.28. The quantitative estimate of drug-likeness (QED) is 0.531. The second-order valence-electron chi connectivity index (χ2n) is 11.4. The molecule has 3 N–H and O–H groups in total. The van der Waals surface area contributed by atoms with Crippen LogP contribution in [-0.4, -0.2) is 70.2 Å². The molecule has 0 bridgehead atoms. The minimum absolute atomic E-state index is 0.0226. The van der Waals surface area contributed by atoms with Crippen LogP contribution < -0.4 is 15.8 Å². The van der Waals surface area contributed by atoms with E-state index in [0.717, 1.165) is 4.90 Å². The van der Waals surface area contributed by atoms with Crippen LogP contribution in [0.2, 0.25) is 0 Å². The zero-order valence-electron chi connectivity index (χ0n) is 23.8. The van der Waals surface area contributed by atoms with Crippen molar-refractivity contribution in [2.75, 3.05) is 18.4 Å². The lowest BCUT2D eigenvalue weighted by molar-refractivity contribution is -0.131. The van der Waals surface area contributed by atoms with Gasteiger partial charge in [-0.1, -0.05) is 18.2 Å². The number of likely N-dealkylation sites (tertiary alicyclic amines) is 1. The van der Waals surface area contributed by atoms with E-state index in [1.54, 1.807) is 65.8 Å². The third-order valence-electron chi connectivity index (χ3n) is 5.71. The number of ether oxygens (including phenoxy) is 3. The van der Waals surface area contributed by atoms with E-state index in [-0.39, 0.29) is 13.0 Å². The maximum Gasteiger partial charge on any atom is 0.417 e. The Bertz CT molecular complexity index is 1200. The fourth-order valence-corrected chi connectivity index (χ4v) is 4.09. The molecule has 1 fully saturated rings. The van der Waals surface area contributed by atoms with Crippen LogP contribution in [-0.2, 0) is 19.1 Å². The predicted octanol–water partition coefficient (Wildman–Crippen LogP) is 4.52. The van der Waals surface area contributed by atoms with E-state index in [1.165, 1.54) is 4.90 Å². The number of nitrogens with two attached hydrogens (primary N) is 1. The maximum atomic E-state index is 13.4. The summed E-state index contributed by atoms with van der Waals surface area (Å²) in [6.07, 6.45) is -1.66. The monoisotopic (exact) mass is 554 g/mol. The van der Waals surface area contributed by atoms with Crippen molar-refractivity contribution in [1.82, 2.24) is 9.80 Å². The summed E-state index contributed by atoms with van der Waals surface area (Å²) in [7, 11) is 0. The average molecular weight is 555 g/mol. The summed E-state index contributed by atoms with van der Waals surface area (Å²) in [4.78, 5) is 54.4. The number of rotatable bonds is 6. The fourth-order valence-electron chi connectivity index (χ4n) is 4.09. The van der Waals surface area contributed by atoms with Gasteiger partial charge in [0.15, 0.2) is 0 Å². The Morgan fingerprint density at radius 2 is 1.48 bits per heavy atom. The molecule has 1 aliphatic rings. The Balaban J connectivity index is 1.81. The Morgan fingerprint density at radius 3 is 2.02 bits per heavy atom. The molecule has 0 radical (unpaired) electrons.